The Morgan fingerprint density at radius 1 is 1.11 bits per heavy atom. The number of benzene rings is 2. The second-order valence-electron chi connectivity index (χ2n) is 5.66. The van der Waals surface area contributed by atoms with Gasteiger partial charge in [-0.2, -0.15) is 0 Å². The molecule has 0 saturated carbocycles. The molecule has 138 valence electrons. The summed E-state index contributed by atoms with van der Waals surface area (Å²) in [6.07, 6.45) is 0.396. The van der Waals surface area contributed by atoms with Crippen molar-refractivity contribution < 1.29 is 19.1 Å². The summed E-state index contributed by atoms with van der Waals surface area (Å²) in [5, 5.41) is 17.7. The van der Waals surface area contributed by atoms with Gasteiger partial charge in [0.2, 0.25) is 0 Å². The van der Waals surface area contributed by atoms with Gasteiger partial charge in [0.1, 0.15) is 5.82 Å². The van der Waals surface area contributed by atoms with Crippen LogP contribution in [0.5, 0.6) is 0 Å². The minimum absolute atomic E-state index is 0.145. The molecule has 1 aromatic heterocycles. The van der Waals surface area contributed by atoms with Gasteiger partial charge in [-0.25, -0.2) is 13.9 Å². The van der Waals surface area contributed by atoms with E-state index in [4.69, 9.17) is 10.8 Å². The van der Waals surface area contributed by atoms with E-state index in [1.165, 1.54) is 35.1 Å². The van der Waals surface area contributed by atoms with Crippen LogP contribution < -0.4 is 16.4 Å². The van der Waals surface area contributed by atoms with Crippen LogP contribution in [0.1, 0.15) is 15.9 Å². The molecular formula is C18H16FN5O3. The highest BCUT2D eigenvalue weighted by atomic mass is 19.1. The van der Waals surface area contributed by atoms with Crippen molar-refractivity contribution in [1.29, 1.82) is 0 Å². The van der Waals surface area contributed by atoms with Gasteiger partial charge < -0.3 is 21.5 Å². The van der Waals surface area contributed by atoms with Crippen molar-refractivity contribution in [3.8, 4) is 5.69 Å². The van der Waals surface area contributed by atoms with Crippen LogP contribution in [-0.4, -0.2) is 26.9 Å². The first kappa shape index (κ1) is 17.9. The van der Waals surface area contributed by atoms with Crippen molar-refractivity contribution in [3.63, 3.8) is 0 Å². The van der Waals surface area contributed by atoms with E-state index in [9.17, 15) is 14.0 Å². The zero-order valence-electron chi connectivity index (χ0n) is 14.0. The Morgan fingerprint density at radius 2 is 1.78 bits per heavy atom. The topological polar surface area (TPSA) is 122 Å². The summed E-state index contributed by atoms with van der Waals surface area (Å²) in [6.45, 7) is 0.145. The molecule has 3 rings (SSSR count). The highest BCUT2D eigenvalue weighted by molar-refractivity contribution is 6.05. The number of carbonyl (C=O) groups is 2. The quantitative estimate of drug-likeness (QED) is 0.551. The molecule has 0 unspecified atom stereocenters. The first-order valence-corrected chi connectivity index (χ1v) is 7.90. The lowest BCUT2D eigenvalue weighted by molar-refractivity contribution is 0.102. The average Bonchev–Trinajstić information content (AvgIpc) is 3.01. The molecule has 0 aliphatic heterocycles. The Bertz CT molecular complexity index is 968. The molecule has 0 fully saturated rings. The van der Waals surface area contributed by atoms with Crippen LogP contribution in [0, 0.1) is 5.82 Å². The molecule has 0 atom stereocenters. The van der Waals surface area contributed by atoms with Gasteiger partial charge in [0.25, 0.3) is 5.91 Å². The summed E-state index contributed by atoms with van der Waals surface area (Å²) in [5.74, 6) is -0.598. The fraction of sp³-hybridized carbons (Fsp3) is 0.0556. The van der Waals surface area contributed by atoms with Crippen LogP contribution in [0.15, 0.2) is 54.7 Å². The second kappa shape index (κ2) is 7.56. The average molecular weight is 369 g/mol. The van der Waals surface area contributed by atoms with Crippen molar-refractivity contribution in [2.45, 2.75) is 6.54 Å². The van der Waals surface area contributed by atoms with Crippen molar-refractivity contribution >= 4 is 23.5 Å². The van der Waals surface area contributed by atoms with Gasteiger partial charge in [-0.05, 0) is 42.0 Å². The zero-order valence-corrected chi connectivity index (χ0v) is 14.0. The Balaban J connectivity index is 1.70. The van der Waals surface area contributed by atoms with Gasteiger partial charge in [-0.3, -0.25) is 4.79 Å². The van der Waals surface area contributed by atoms with E-state index < -0.39 is 12.0 Å². The van der Waals surface area contributed by atoms with E-state index in [-0.39, 0.29) is 23.9 Å². The van der Waals surface area contributed by atoms with E-state index in [2.05, 4.69) is 15.7 Å². The van der Waals surface area contributed by atoms with E-state index in [0.29, 0.717) is 16.8 Å². The van der Waals surface area contributed by atoms with E-state index in [1.54, 1.807) is 24.3 Å². The summed E-state index contributed by atoms with van der Waals surface area (Å²) < 4.78 is 14.5. The monoisotopic (exact) mass is 369 g/mol. The number of nitrogens with zero attached hydrogens (tertiary/aromatic N) is 2. The smallest absolute Gasteiger partial charge is 0.404 e. The molecule has 0 aliphatic carbocycles. The summed E-state index contributed by atoms with van der Waals surface area (Å²) in [6, 6.07) is 12.1. The van der Waals surface area contributed by atoms with Gasteiger partial charge in [-0.1, -0.05) is 12.1 Å². The number of halogens is 1. The standard InChI is InChI=1S/C18H16FN5O3/c19-13-5-7-14(8-6-13)24-10-15(20)16(23-24)22-17(25)12-3-1-11(2-4-12)9-21-18(26)27/h1-8,10,21H,9,20H2,(H,26,27)(H,22,23,25). The second-order valence-corrected chi connectivity index (χ2v) is 5.66. The Hall–Kier alpha value is -3.88. The van der Waals surface area contributed by atoms with Crippen LogP contribution in [0.2, 0.25) is 0 Å². The van der Waals surface area contributed by atoms with Crippen molar-refractivity contribution in [3.05, 3.63) is 71.7 Å². The normalized spacial score (nSPS) is 10.4. The van der Waals surface area contributed by atoms with Crippen LogP contribution >= 0.6 is 0 Å². The molecule has 5 N–H and O–H groups in total. The maximum absolute atomic E-state index is 13.0. The van der Waals surface area contributed by atoms with Crippen LogP contribution in [-0.2, 0) is 6.54 Å². The third-order valence-corrected chi connectivity index (χ3v) is 3.73. The highest BCUT2D eigenvalue weighted by Gasteiger charge is 2.12. The molecule has 0 aliphatic rings. The first-order chi connectivity index (χ1) is 12.9. The van der Waals surface area contributed by atoms with Crippen molar-refractivity contribution in [2.24, 2.45) is 0 Å². The zero-order chi connectivity index (χ0) is 19.4. The van der Waals surface area contributed by atoms with E-state index in [0.717, 1.165) is 0 Å². The minimum Gasteiger partial charge on any atom is -0.465 e. The predicted octanol–water partition coefficient (Wildman–Crippen LogP) is 2.61. The Kier molecular flexibility index (Phi) is 5.02. The fourth-order valence-electron chi connectivity index (χ4n) is 2.34. The number of nitrogens with one attached hydrogen (secondary N) is 2. The maximum Gasteiger partial charge on any atom is 0.404 e. The third-order valence-electron chi connectivity index (χ3n) is 3.73. The van der Waals surface area contributed by atoms with Gasteiger partial charge in [0.15, 0.2) is 5.82 Å². The minimum atomic E-state index is -1.12. The maximum atomic E-state index is 13.0. The molecular weight excluding hydrogens is 353 g/mol. The summed E-state index contributed by atoms with van der Waals surface area (Å²) in [7, 11) is 0. The number of anilines is 2. The Labute approximate surface area is 153 Å². The molecule has 27 heavy (non-hydrogen) atoms. The van der Waals surface area contributed by atoms with Crippen LogP contribution in [0.25, 0.3) is 5.69 Å². The molecule has 3 aromatic rings. The molecule has 2 aromatic carbocycles. The van der Waals surface area contributed by atoms with Crippen LogP contribution in [0.3, 0.4) is 0 Å². The number of hydrogen-bond donors (Lipinski definition) is 4. The van der Waals surface area contributed by atoms with Crippen LogP contribution in [0.4, 0.5) is 20.7 Å². The molecule has 9 heteroatoms. The number of aromatic nitrogens is 2. The number of carboxylic acid groups (broad SMARTS) is 1. The fourth-order valence-corrected chi connectivity index (χ4v) is 2.34. The number of nitrogens with two attached hydrogens (primary N) is 1. The molecule has 2 amide bonds. The third kappa shape index (κ3) is 4.40. The SMILES string of the molecule is Nc1cn(-c2ccc(F)cc2)nc1NC(=O)c1ccc(CNC(=O)O)cc1. The number of nitrogen functional groups attached to an aromatic ring is 1. The number of amides is 2. The van der Waals surface area contributed by atoms with Crippen molar-refractivity contribution in [1.82, 2.24) is 15.1 Å². The lowest BCUT2D eigenvalue weighted by atomic mass is 10.1. The molecule has 0 bridgehead atoms. The van der Waals surface area contributed by atoms with Gasteiger partial charge in [0.05, 0.1) is 17.6 Å². The lowest BCUT2D eigenvalue weighted by Crippen LogP contribution is -2.20. The largest absolute Gasteiger partial charge is 0.465 e. The van der Waals surface area contributed by atoms with Gasteiger partial charge in [-0.15, -0.1) is 5.10 Å². The van der Waals surface area contributed by atoms with Gasteiger partial charge in [0, 0.05) is 12.1 Å². The highest BCUT2D eigenvalue weighted by Crippen LogP contribution is 2.20. The molecule has 0 radical (unpaired) electrons. The molecule has 0 saturated heterocycles. The molecule has 1 heterocycles. The van der Waals surface area contributed by atoms with E-state index >= 15 is 0 Å². The Morgan fingerprint density at radius 3 is 2.41 bits per heavy atom. The number of carbonyl (C=O) groups excluding carboxylic acids is 1. The van der Waals surface area contributed by atoms with Crippen molar-refractivity contribution in [2.75, 3.05) is 11.1 Å². The van der Waals surface area contributed by atoms with Gasteiger partial charge >= 0.3 is 6.09 Å². The number of hydrogen-bond acceptors (Lipinski definition) is 4. The van der Waals surface area contributed by atoms with E-state index in [1.807, 2.05) is 0 Å². The molecule has 8 nitrogen and oxygen atoms in total. The summed E-state index contributed by atoms with van der Waals surface area (Å²) in [5.41, 5.74) is 7.83. The predicted molar refractivity (Wildman–Crippen MR) is 97.2 cm³/mol. The first-order valence-electron chi connectivity index (χ1n) is 7.90. The molecule has 0 spiro atoms. The number of rotatable bonds is 5. The lowest BCUT2D eigenvalue weighted by Gasteiger charge is -2.05. The summed E-state index contributed by atoms with van der Waals surface area (Å²) >= 11 is 0. The summed E-state index contributed by atoms with van der Waals surface area (Å²) in [4.78, 5) is 22.8.